The second kappa shape index (κ2) is 16.2. The summed E-state index contributed by atoms with van der Waals surface area (Å²) in [6, 6.07) is 16.6. The fraction of sp³-hybridized carbons (Fsp3) is 0.375. The molecule has 1 aliphatic carbocycles. The van der Waals surface area contributed by atoms with Gasteiger partial charge in [-0.1, -0.05) is 66.7 Å². The van der Waals surface area contributed by atoms with Gasteiger partial charge < -0.3 is 25.8 Å². The molecule has 0 saturated heterocycles. The van der Waals surface area contributed by atoms with Gasteiger partial charge in [-0.15, -0.1) is 0 Å². The molecular weight excluding hydrogens is 641 g/mol. The number of carbonyl (C=O) groups excluding carboxylic acids is 2. The molecule has 4 rings (SSSR count). The highest BCUT2D eigenvalue weighted by atomic mass is 79.9. The van der Waals surface area contributed by atoms with Gasteiger partial charge in [0.05, 0.1) is 46.6 Å². The molecular formula is C32H36BrCl2N3O4. The molecule has 0 bridgehead atoms. The SMILES string of the molecule is Nc1c(Br)cc(C(=O)OCCCCOC(=O)Cc2ccccc2Nc2c(Cl)cccc2Cl)cc1CNC1CCCCC1. The number of carbonyl (C=O) groups is 2. The molecule has 1 saturated carbocycles. The van der Waals surface area contributed by atoms with E-state index in [1.165, 1.54) is 32.1 Å². The van der Waals surface area contributed by atoms with E-state index >= 15 is 0 Å². The van der Waals surface area contributed by atoms with Gasteiger partial charge in [-0.25, -0.2) is 4.79 Å². The van der Waals surface area contributed by atoms with Crippen LogP contribution in [0, 0.1) is 0 Å². The van der Waals surface area contributed by atoms with Crippen LogP contribution in [0.5, 0.6) is 0 Å². The first kappa shape index (κ1) is 32.1. The van der Waals surface area contributed by atoms with E-state index in [-0.39, 0.29) is 25.6 Å². The number of hydrogen-bond acceptors (Lipinski definition) is 7. The summed E-state index contributed by atoms with van der Waals surface area (Å²) in [6.45, 7) is 1.06. The molecule has 0 heterocycles. The van der Waals surface area contributed by atoms with E-state index < -0.39 is 5.97 Å². The van der Waals surface area contributed by atoms with Gasteiger partial charge in [-0.05, 0) is 83.1 Å². The number of ether oxygens (including phenoxy) is 2. The van der Waals surface area contributed by atoms with Gasteiger partial charge in [0.1, 0.15) is 0 Å². The number of nitrogens with one attached hydrogen (secondary N) is 2. The number of halogens is 3. The molecule has 0 spiro atoms. The van der Waals surface area contributed by atoms with Gasteiger partial charge in [0.2, 0.25) is 0 Å². The molecule has 4 N–H and O–H groups in total. The molecule has 224 valence electrons. The lowest BCUT2D eigenvalue weighted by Crippen LogP contribution is -2.30. The summed E-state index contributed by atoms with van der Waals surface area (Å²) < 4.78 is 11.6. The van der Waals surface area contributed by atoms with E-state index in [9.17, 15) is 9.59 Å². The topological polar surface area (TPSA) is 103 Å². The van der Waals surface area contributed by atoms with Crippen molar-refractivity contribution in [3.8, 4) is 0 Å². The summed E-state index contributed by atoms with van der Waals surface area (Å²) in [7, 11) is 0. The Hall–Kier alpha value is -2.78. The minimum absolute atomic E-state index is 0.0875. The largest absolute Gasteiger partial charge is 0.465 e. The normalized spacial score (nSPS) is 13.5. The number of anilines is 3. The molecule has 0 aliphatic heterocycles. The van der Waals surface area contributed by atoms with Crippen molar-refractivity contribution in [1.82, 2.24) is 5.32 Å². The number of hydrogen-bond donors (Lipinski definition) is 3. The van der Waals surface area contributed by atoms with Crippen molar-refractivity contribution in [1.29, 1.82) is 0 Å². The number of benzene rings is 3. The second-order valence-corrected chi connectivity index (χ2v) is 12.0. The molecule has 0 unspecified atom stereocenters. The lowest BCUT2D eigenvalue weighted by atomic mass is 9.95. The quantitative estimate of drug-likeness (QED) is 0.0952. The van der Waals surface area contributed by atoms with Crippen molar-refractivity contribution < 1.29 is 19.1 Å². The van der Waals surface area contributed by atoms with Gasteiger partial charge in [0.15, 0.2) is 0 Å². The van der Waals surface area contributed by atoms with Gasteiger partial charge in [-0.3, -0.25) is 4.79 Å². The van der Waals surface area contributed by atoms with E-state index in [1.807, 2.05) is 24.3 Å². The van der Waals surface area contributed by atoms with Crippen LogP contribution in [-0.4, -0.2) is 31.2 Å². The van der Waals surface area contributed by atoms with Gasteiger partial charge in [0.25, 0.3) is 0 Å². The molecule has 3 aromatic carbocycles. The highest BCUT2D eigenvalue weighted by Gasteiger charge is 2.17. The Morgan fingerprint density at radius 3 is 2.33 bits per heavy atom. The summed E-state index contributed by atoms with van der Waals surface area (Å²) in [5, 5.41) is 7.76. The van der Waals surface area contributed by atoms with Crippen molar-refractivity contribution in [3.63, 3.8) is 0 Å². The van der Waals surface area contributed by atoms with E-state index in [2.05, 4.69) is 26.6 Å². The zero-order valence-electron chi connectivity index (χ0n) is 23.4. The minimum Gasteiger partial charge on any atom is -0.465 e. The fourth-order valence-electron chi connectivity index (χ4n) is 4.89. The van der Waals surface area contributed by atoms with E-state index in [1.54, 1.807) is 30.3 Å². The van der Waals surface area contributed by atoms with Crippen LogP contribution in [0.15, 0.2) is 59.1 Å². The Labute approximate surface area is 265 Å². The second-order valence-electron chi connectivity index (χ2n) is 10.4. The van der Waals surface area contributed by atoms with Crippen LogP contribution in [0.1, 0.15) is 66.4 Å². The van der Waals surface area contributed by atoms with E-state index in [4.69, 9.17) is 38.4 Å². The van der Waals surface area contributed by atoms with Crippen molar-refractivity contribution in [2.24, 2.45) is 0 Å². The zero-order chi connectivity index (χ0) is 29.9. The Kier molecular flexibility index (Phi) is 12.4. The fourth-order valence-corrected chi connectivity index (χ4v) is 5.89. The van der Waals surface area contributed by atoms with Crippen LogP contribution in [0.4, 0.5) is 17.1 Å². The van der Waals surface area contributed by atoms with E-state index in [0.717, 1.165) is 16.8 Å². The highest BCUT2D eigenvalue weighted by molar-refractivity contribution is 9.10. The number of unbranched alkanes of at least 4 members (excludes halogenated alkanes) is 1. The number of nitrogen functional groups attached to an aromatic ring is 1. The summed E-state index contributed by atoms with van der Waals surface area (Å²) in [5.74, 6) is -0.762. The molecule has 1 aliphatic rings. The summed E-state index contributed by atoms with van der Waals surface area (Å²) in [5.41, 5.74) is 10.3. The van der Waals surface area contributed by atoms with Crippen molar-refractivity contribution in [2.45, 2.75) is 64.0 Å². The number of rotatable bonds is 13. The third kappa shape index (κ3) is 9.36. The van der Waals surface area contributed by atoms with Gasteiger partial charge >= 0.3 is 11.9 Å². The lowest BCUT2D eigenvalue weighted by Gasteiger charge is -2.23. The maximum atomic E-state index is 12.7. The van der Waals surface area contributed by atoms with Crippen molar-refractivity contribution >= 4 is 68.1 Å². The van der Waals surface area contributed by atoms with Crippen LogP contribution in [0.3, 0.4) is 0 Å². The molecule has 3 aromatic rings. The third-order valence-electron chi connectivity index (χ3n) is 7.25. The van der Waals surface area contributed by atoms with Crippen molar-refractivity contribution in [2.75, 3.05) is 24.3 Å². The van der Waals surface area contributed by atoms with Gasteiger partial charge in [0, 0.05) is 22.7 Å². The smallest absolute Gasteiger partial charge is 0.338 e. The lowest BCUT2D eigenvalue weighted by molar-refractivity contribution is -0.143. The minimum atomic E-state index is -0.408. The molecule has 0 amide bonds. The standard InChI is InChI=1S/C32H36BrCl2N3O4/c33-25-18-22(17-23(30(25)36)20-37-24-10-2-1-3-11-24)32(40)42-16-7-6-15-41-29(39)19-21-9-4-5-14-28(21)38-31-26(34)12-8-13-27(31)35/h4-5,8-9,12-14,17-18,24,37-38H,1-3,6-7,10-11,15-16,19-20,36H2. The first-order valence-electron chi connectivity index (χ1n) is 14.2. The number of esters is 2. The average molecular weight is 677 g/mol. The van der Waals surface area contributed by atoms with E-state index in [0.29, 0.717) is 56.9 Å². The van der Waals surface area contributed by atoms with Crippen LogP contribution in [-0.2, 0) is 27.2 Å². The van der Waals surface area contributed by atoms with Crippen LogP contribution in [0.25, 0.3) is 0 Å². The predicted molar refractivity (Wildman–Crippen MR) is 173 cm³/mol. The molecule has 42 heavy (non-hydrogen) atoms. The summed E-state index contributed by atoms with van der Waals surface area (Å²) >= 11 is 16.0. The summed E-state index contributed by atoms with van der Waals surface area (Å²) in [6.07, 6.45) is 7.34. The predicted octanol–water partition coefficient (Wildman–Crippen LogP) is 8.23. The molecule has 7 nitrogen and oxygen atoms in total. The molecule has 0 aromatic heterocycles. The number of nitrogens with two attached hydrogens (primary N) is 1. The maximum Gasteiger partial charge on any atom is 0.338 e. The first-order valence-corrected chi connectivity index (χ1v) is 15.8. The van der Waals surface area contributed by atoms with Crippen LogP contribution < -0.4 is 16.4 Å². The Bertz CT molecular complexity index is 1360. The Morgan fingerprint density at radius 1 is 0.905 bits per heavy atom. The van der Waals surface area contributed by atoms with Gasteiger partial charge in [-0.2, -0.15) is 0 Å². The zero-order valence-corrected chi connectivity index (χ0v) is 26.5. The Balaban J connectivity index is 1.19. The van der Waals surface area contributed by atoms with Crippen molar-refractivity contribution in [3.05, 3.63) is 85.8 Å². The first-order chi connectivity index (χ1) is 20.3. The molecule has 1 fully saturated rings. The molecule has 0 atom stereocenters. The average Bonchev–Trinajstić information content (AvgIpc) is 2.98. The summed E-state index contributed by atoms with van der Waals surface area (Å²) in [4.78, 5) is 25.2. The number of para-hydroxylation sites is 2. The Morgan fingerprint density at radius 2 is 1.60 bits per heavy atom. The maximum absolute atomic E-state index is 12.7. The molecule has 0 radical (unpaired) electrons. The molecule has 10 heteroatoms. The van der Waals surface area contributed by atoms with Crippen LogP contribution in [0.2, 0.25) is 10.0 Å². The monoisotopic (exact) mass is 675 g/mol. The van der Waals surface area contributed by atoms with Crippen LogP contribution >= 0.6 is 39.1 Å². The highest BCUT2D eigenvalue weighted by Crippen LogP contribution is 2.34. The third-order valence-corrected chi connectivity index (χ3v) is 8.53.